The normalized spacial score (nSPS) is 20.0. The van der Waals surface area contributed by atoms with Crippen LogP contribution in [0.15, 0.2) is 4.99 Å². The maximum Gasteiger partial charge on any atom is 0.194 e. The van der Waals surface area contributed by atoms with Crippen molar-refractivity contribution in [2.45, 2.75) is 59.5 Å². The Morgan fingerprint density at radius 3 is 2.45 bits per heavy atom. The van der Waals surface area contributed by atoms with Gasteiger partial charge in [-0.05, 0) is 47.2 Å². The van der Waals surface area contributed by atoms with E-state index >= 15 is 0 Å². The minimum absolute atomic E-state index is 0.162. The van der Waals surface area contributed by atoms with Crippen molar-refractivity contribution in [3.8, 4) is 0 Å². The van der Waals surface area contributed by atoms with Gasteiger partial charge in [-0.1, -0.05) is 13.8 Å². The van der Waals surface area contributed by atoms with Gasteiger partial charge >= 0.3 is 0 Å². The summed E-state index contributed by atoms with van der Waals surface area (Å²) in [5, 5.41) is 6.94. The monoisotopic (exact) mass is 311 g/mol. The summed E-state index contributed by atoms with van der Waals surface area (Å²) in [5.41, 5.74) is 0.162. The van der Waals surface area contributed by atoms with E-state index in [4.69, 9.17) is 4.99 Å². The molecular formula is C17H37N5. The van der Waals surface area contributed by atoms with Gasteiger partial charge in [-0.25, -0.2) is 0 Å². The molecule has 1 aliphatic heterocycles. The summed E-state index contributed by atoms with van der Waals surface area (Å²) in [4.78, 5) is 9.77. The maximum atomic E-state index is 4.79. The number of likely N-dealkylation sites (N-methyl/N-ethyl adjacent to an activating group) is 1. The van der Waals surface area contributed by atoms with Crippen molar-refractivity contribution in [2.24, 2.45) is 4.99 Å². The molecule has 130 valence electrons. The average Bonchev–Trinajstić information content (AvgIpc) is 2.92. The third kappa shape index (κ3) is 6.53. The van der Waals surface area contributed by atoms with Crippen molar-refractivity contribution >= 4 is 5.96 Å². The van der Waals surface area contributed by atoms with Gasteiger partial charge < -0.3 is 15.5 Å². The highest BCUT2D eigenvalue weighted by Crippen LogP contribution is 2.15. The van der Waals surface area contributed by atoms with Crippen LogP contribution in [0.5, 0.6) is 0 Å². The standard InChI is InChI=1S/C17H37N5/c1-7-18-16(19-11-12-20-17(4,5)6)22-13-10-15(14-22)21(8-2)9-3/h15,20H,7-14H2,1-6H3,(H,18,19). The molecule has 1 rings (SSSR count). The molecule has 2 N–H and O–H groups in total. The average molecular weight is 312 g/mol. The Kier molecular flexibility index (Phi) is 8.18. The smallest absolute Gasteiger partial charge is 0.194 e. The molecule has 0 spiro atoms. The second-order valence-corrected chi connectivity index (χ2v) is 7.02. The van der Waals surface area contributed by atoms with Crippen molar-refractivity contribution in [1.82, 2.24) is 20.4 Å². The Hall–Kier alpha value is -0.810. The number of hydrogen-bond acceptors (Lipinski definition) is 3. The lowest BCUT2D eigenvalue weighted by molar-refractivity contribution is 0.223. The predicted molar refractivity (Wildman–Crippen MR) is 96.6 cm³/mol. The Bertz CT molecular complexity index is 330. The Morgan fingerprint density at radius 1 is 1.23 bits per heavy atom. The van der Waals surface area contributed by atoms with Gasteiger partial charge in [0.05, 0.1) is 6.54 Å². The molecule has 1 saturated heterocycles. The zero-order valence-electron chi connectivity index (χ0n) is 15.6. The molecule has 0 aromatic rings. The van der Waals surface area contributed by atoms with Crippen molar-refractivity contribution in [2.75, 3.05) is 45.8 Å². The molecule has 0 saturated carbocycles. The summed E-state index contributed by atoms with van der Waals surface area (Å²) >= 11 is 0. The van der Waals surface area contributed by atoms with Gasteiger partial charge in [0, 0.05) is 37.8 Å². The fourth-order valence-corrected chi connectivity index (χ4v) is 2.99. The molecule has 1 fully saturated rings. The van der Waals surface area contributed by atoms with Gasteiger partial charge in [0.2, 0.25) is 0 Å². The second-order valence-electron chi connectivity index (χ2n) is 7.02. The van der Waals surface area contributed by atoms with E-state index in [0.717, 1.165) is 51.8 Å². The third-order valence-electron chi connectivity index (χ3n) is 4.16. The highest BCUT2D eigenvalue weighted by Gasteiger charge is 2.27. The van der Waals surface area contributed by atoms with E-state index in [0.29, 0.717) is 6.04 Å². The molecule has 0 bridgehead atoms. The van der Waals surface area contributed by atoms with Gasteiger partial charge in [-0.15, -0.1) is 0 Å². The van der Waals surface area contributed by atoms with Gasteiger partial charge in [0.1, 0.15) is 0 Å². The van der Waals surface area contributed by atoms with Crippen molar-refractivity contribution < 1.29 is 0 Å². The molecule has 0 aliphatic carbocycles. The molecule has 0 amide bonds. The zero-order valence-corrected chi connectivity index (χ0v) is 15.6. The zero-order chi connectivity index (χ0) is 16.6. The minimum atomic E-state index is 0.162. The number of nitrogens with zero attached hydrogens (tertiary/aromatic N) is 3. The van der Waals surface area contributed by atoms with Gasteiger partial charge in [0.15, 0.2) is 5.96 Å². The molecule has 5 nitrogen and oxygen atoms in total. The molecule has 0 aromatic heterocycles. The Labute approximate surface area is 137 Å². The molecule has 0 aromatic carbocycles. The van der Waals surface area contributed by atoms with E-state index < -0.39 is 0 Å². The van der Waals surface area contributed by atoms with Crippen LogP contribution in [0.1, 0.15) is 48.0 Å². The molecule has 0 radical (unpaired) electrons. The van der Waals surface area contributed by atoms with Crippen LogP contribution in [-0.4, -0.2) is 73.2 Å². The summed E-state index contributed by atoms with van der Waals surface area (Å²) in [5.74, 6) is 1.08. The number of hydrogen-bond donors (Lipinski definition) is 2. The number of nitrogens with one attached hydrogen (secondary N) is 2. The van der Waals surface area contributed by atoms with Crippen LogP contribution in [-0.2, 0) is 0 Å². The summed E-state index contributed by atoms with van der Waals surface area (Å²) in [6.45, 7) is 20.4. The van der Waals surface area contributed by atoms with E-state index in [2.05, 4.69) is 62.0 Å². The largest absolute Gasteiger partial charge is 0.357 e. The lowest BCUT2D eigenvalue weighted by Gasteiger charge is -2.27. The molecule has 5 heteroatoms. The van der Waals surface area contributed by atoms with Crippen LogP contribution < -0.4 is 10.6 Å². The fourth-order valence-electron chi connectivity index (χ4n) is 2.99. The number of rotatable bonds is 7. The first-order valence-electron chi connectivity index (χ1n) is 8.93. The predicted octanol–water partition coefficient (Wildman–Crippen LogP) is 1.76. The van der Waals surface area contributed by atoms with E-state index in [1.54, 1.807) is 0 Å². The molecule has 1 heterocycles. The maximum absolute atomic E-state index is 4.79. The summed E-state index contributed by atoms with van der Waals surface area (Å²) in [7, 11) is 0. The fraction of sp³-hybridized carbons (Fsp3) is 0.941. The van der Waals surface area contributed by atoms with E-state index in [1.807, 2.05) is 0 Å². The highest BCUT2D eigenvalue weighted by molar-refractivity contribution is 5.80. The Balaban J connectivity index is 2.53. The van der Waals surface area contributed by atoms with Gasteiger partial charge in [-0.2, -0.15) is 0 Å². The van der Waals surface area contributed by atoms with Crippen LogP contribution in [0.25, 0.3) is 0 Å². The molecule has 1 unspecified atom stereocenters. The number of aliphatic imine (C=N–C) groups is 1. The highest BCUT2D eigenvalue weighted by atomic mass is 15.3. The first-order chi connectivity index (χ1) is 10.4. The van der Waals surface area contributed by atoms with Crippen LogP contribution in [0.4, 0.5) is 0 Å². The van der Waals surface area contributed by atoms with Crippen LogP contribution in [0, 0.1) is 0 Å². The molecular weight excluding hydrogens is 274 g/mol. The number of likely N-dealkylation sites (tertiary alicyclic amines) is 1. The van der Waals surface area contributed by atoms with Crippen LogP contribution in [0.3, 0.4) is 0 Å². The third-order valence-corrected chi connectivity index (χ3v) is 4.16. The first-order valence-corrected chi connectivity index (χ1v) is 8.93. The van der Waals surface area contributed by atoms with E-state index in [1.165, 1.54) is 6.42 Å². The lowest BCUT2D eigenvalue weighted by atomic mass is 10.1. The van der Waals surface area contributed by atoms with E-state index in [-0.39, 0.29) is 5.54 Å². The first kappa shape index (κ1) is 19.2. The molecule has 22 heavy (non-hydrogen) atoms. The lowest BCUT2D eigenvalue weighted by Crippen LogP contribution is -2.44. The quantitative estimate of drug-likeness (QED) is 0.427. The SMILES string of the molecule is CCNC(=NCCNC(C)(C)C)N1CCC(N(CC)CC)C1. The van der Waals surface area contributed by atoms with Crippen LogP contribution >= 0.6 is 0 Å². The van der Waals surface area contributed by atoms with Crippen molar-refractivity contribution in [3.63, 3.8) is 0 Å². The summed E-state index contributed by atoms with van der Waals surface area (Å²) < 4.78 is 0. The number of guanidine groups is 1. The Morgan fingerprint density at radius 2 is 1.91 bits per heavy atom. The topological polar surface area (TPSA) is 42.9 Å². The van der Waals surface area contributed by atoms with Crippen molar-refractivity contribution in [1.29, 1.82) is 0 Å². The summed E-state index contributed by atoms with van der Waals surface area (Å²) in [6, 6.07) is 0.673. The summed E-state index contributed by atoms with van der Waals surface area (Å²) in [6.07, 6.45) is 1.24. The van der Waals surface area contributed by atoms with E-state index in [9.17, 15) is 0 Å². The van der Waals surface area contributed by atoms with Gasteiger partial charge in [-0.3, -0.25) is 9.89 Å². The van der Waals surface area contributed by atoms with Gasteiger partial charge in [0.25, 0.3) is 0 Å². The molecule has 1 atom stereocenters. The minimum Gasteiger partial charge on any atom is -0.357 e. The van der Waals surface area contributed by atoms with Crippen LogP contribution in [0.2, 0.25) is 0 Å². The van der Waals surface area contributed by atoms with Crippen molar-refractivity contribution in [3.05, 3.63) is 0 Å². The molecule has 1 aliphatic rings. The second kappa shape index (κ2) is 9.36.